The molecule has 0 spiro atoms. The maximum atomic E-state index is 12.3. The van der Waals surface area contributed by atoms with Crippen LogP contribution in [0.2, 0.25) is 0 Å². The van der Waals surface area contributed by atoms with E-state index >= 15 is 0 Å². The molecular weight excluding hydrogens is 293 g/mol. The highest BCUT2D eigenvalue weighted by atomic mass is 19.4. The van der Waals surface area contributed by atoms with Gasteiger partial charge in [-0.3, -0.25) is 9.89 Å². The number of hydrogen-bond acceptors (Lipinski definition) is 2. The van der Waals surface area contributed by atoms with Crippen LogP contribution in [0.5, 0.6) is 0 Å². The highest BCUT2D eigenvalue weighted by Crippen LogP contribution is 2.22. The Hall–Kier alpha value is -0.980. The fourth-order valence-corrected chi connectivity index (χ4v) is 3.31. The van der Waals surface area contributed by atoms with Crippen molar-refractivity contribution in [3.05, 3.63) is 0 Å². The van der Waals surface area contributed by atoms with Crippen LogP contribution in [0, 0.1) is 5.92 Å². The number of nitrogens with one attached hydrogen (secondary N) is 1. The molecule has 1 aliphatic carbocycles. The lowest BCUT2D eigenvalue weighted by Crippen LogP contribution is -2.42. The second-order valence-electron chi connectivity index (χ2n) is 6.54. The Morgan fingerprint density at radius 3 is 2.32 bits per heavy atom. The number of halogens is 3. The topological polar surface area (TPSA) is 53.6 Å². The fraction of sp³-hybridized carbons (Fsp3) is 0.933. The lowest BCUT2D eigenvalue weighted by atomic mass is 9.95. The van der Waals surface area contributed by atoms with Gasteiger partial charge in [-0.1, -0.05) is 19.3 Å². The molecule has 7 heteroatoms. The molecule has 128 valence electrons. The number of piperidine rings is 1. The van der Waals surface area contributed by atoms with E-state index in [0.717, 1.165) is 25.7 Å². The molecule has 0 aromatic carbocycles. The van der Waals surface area contributed by atoms with Gasteiger partial charge in [0.05, 0.1) is 6.54 Å². The van der Waals surface area contributed by atoms with Gasteiger partial charge in [-0.15, -0.1) is 0 Å². The molecule has 0 amide bonds. The highest BCUT2D eigenvalue weighted by molar-refractivity contribution is 5.78. The molecule has 2 aliphatic rings. The van der Waals surface area contributed by atoms with E-state index in [1.807, 2.05) is 0 Å². The first-order valence-corrected chi connectivity index (χ1v) is 8.28. The van der Waals surface area contributed by atoms with Crippen LogP contribution in [0.15, 0.2) is 4.99 Å². The predicted octanol–water partition coefficient (Wildman–Crippen LogP) is 2.50. The highest BCUT2D eigenvalue weighted by Gasteiger charge is 2.32. The van der Waals surface area contributed by atoms with Gasteiger partial charge in [-0.25, -0.2) is 0 Å². The Balaban J connectivity index is 1.66. The summed E-state index contributed by atoms with van der Waals surface area (Å²) in [6.07, 6.45) is 3.49. The fourth-order valence-electron chi connectivity index (χ4n) is 3.31. The number of nitrogens with two attached hydrogens (primary N) is 1. The van der Waals surface area contributed by atoms with E-state index in [0.29, 0.717) is 37.6 Å². The SMILES string of the molecule is NC(=NCC1CCN(CC(F)(F)F)CC1)NC1CCCCC1. The van der Waals surface area contributed by atoms with Gasteiger partial charge < -0.3 is 11.1 Å². The number of likely N-dealkylation sites (tertiary alicyclic amines) is 1. The Morgan fingerprint density at radius 2 is 1.73 bits per heavy atom. The second kappa shape index (κ2) is 8.04. The summed E-state index contributed by atoms with van der Waals surface area (Å²) in [4.78, 5) is 5.86. The molecule has 0 bridgehead atoms. The largest absolute Gasteiger partial charge is 0.401 e. The minimum atomic E-state index is -4.10. The van der Waals surface area contributed by atoms with E-state index in [4.69, 9.17) is 5.73 Å². The van der Waals surface area contributed by atoms with Crippen molar-refractivity contribution < 1.29 is 13.2 Å². The molecule has 3 N–H and O–H groups in total. The van der Waals surface area contributed by atoms with Crippen LogP contribution in [0.1, 0.15) is 44.9 Å². The summed E-state index contributed by atoms with van der Waals surface area (Å²) in [7, 11) is 0. The van der Waals surface area contributed by atoms with Crippen LogP contribution in [0.25, 0.3) is 0 Å². The Bertz CT molecular complexity index is 356. The Morgan fingerprint density at radius 1 is 1.09 bits per heavy atom. The third-order valence-electron chi connectivity index (χ3n) is 4.59. The summed E-state index contributed by atoms with van der Waals surface area (Å²) in [6, 6.07) is 0.436. The molecule has 22 heavy (non-hydrogen) atoms. The van der Waals surface area contributed by atoms with Gasteiger partial charge in [0, 0.05) is 12.6 Å². The van der Waals surface area contributed by atoms with Crippen LogP contribution in [-0.2, 0) is 0 Å². The van der Waals surface area contributed by atoms with E-state index in [2.05, 4.69) is 10.3 Å². The first-order chi connectivity index (χ1) is 10.4. The molecule has 1 aliphatic heterocycles. The van der Waals surface area contributed by atoms with Gasteiger partial charge in [-0.05, 0) is 44.7 Å². The summed E-state index contributed by atoms with van der Waals surface area (Å²) in [5.74, 6) is 0.834. The summed E-state index contributed by atoms with van der Waals surface area (Å²) < 4.78 is 37.0. The Labute approximate surface area is 130 Å². The Kier molecular flexibility index (Phi) is 6.35. The van der Waals surface area contributed by atoms with E-state index < -0.39 is 12.7 Å². The number of guanidine groups is 1. The van der Waals surface area contributed by atoms with Crippen molar-refractivity contribution in [2.75, 3.05) is 26.2 Å². The molecule has 1 saturated heterocycles. The molecule has 2 rings (SSSR count). The number of nitrogens with zero attached hydrogens (tertiary/aromatic N) is 2. The zero-order chi connectivity index (χ0) is 16.0. The summed E-state index contributed by atoms with van der Waals surface area (Å²) in [5, 5.41) is 3.27. The van der Waals surface area contributed by atoms with Crippen molar-refractivity contribution >= 4 is 5.96 Å². The predicted molar refractivity (Wildman–Crippen MR) is 81.7 cm³/mol. The van der Waals surface area contributed by atoms with Crippen LogP contribution < -0.4 is 11.1 Å². The molecule has 0 atom stereocenters. The molecule has 1 saturated carbocycles. The zero-order valence-electron chi connectivity index (χ0n) is 13.0. The quantitative estimate of drug-likeness (QED) is 0.618. The molecule has 0 aromatic rings. The van der Waals surface area contributed by atoms with Crippen LogP contribution in [0.4, 0.5) is 13.2 Å². The van der Waals surface area contributed by atoms with Gasteiger partial charge in [0.2, 0.25) is 0 Å². The lowest BCUT2D eigenvalue weighted by molar-refractivity contribution is -0.148. The third kappa shape index (κ3) is 6.42. The summed E-state index contributed by atoms with van der Waals surface area (Å²) >= 11 is 0. The van der Waals surface area contributed by atoms with Gasteiger partial charge >= 0.3 is 6.18 Å². The van der Waals surface area contributed by atoms with E-state index in [9.17, 15) is 13.2 Å². The lowest BCUT2D eigenvalue weighted by Gasteiger charge is -2.31. The molecule has 0 aromatic heterocycles. The average Bonchev–Trinajstić information content (AvgIpc) is 2.46. The minimum Gasteiger partial charge on any atom is -0.370 e. The van der Waals surface area contributed by atoms with Crippen molar-refractivity contribution in [2.24, 2.45) is 16.6 Å². The maximum absolute atomic E-state index is 12.3. The minimum absolute atomic E-state index is 0.344. The van der Waals surface area contributed by atoms with Gasteiger partial charge in [0.25, 0.3) is 0 Å². The molecular formula is C15H27F3N4. The van der Waals surface area contributed by atoms with Crippen LogP contribution >= 0.6 is 0 Å². The van der Waals surface area contributed by atoms with Gasteiger partial charge in [0.1, 0.15) is 0 Å². The van der Waals surface area contributed by atoms with Crippen molar-refractivity contribution in [2.45, 2.75) is 57.2 Å². The van der Waals surface area contributed by atoms with Crippen LogP contribution in [-0.4, -0.2) is 49.3 Å². The van der Waals surface area contributed by atoms with Gasteiger partial charge in [0.15, 0.2) is 5.96 Å². The molecule has 0 unspecified atom stereocenters. The normalized spacial score (nSPS) is 23.7. The first-order valence-electron chi connectivity index (χ1n) is 8.28. The van der Waals surface area contributed by atoms with Gasteiger partial charge in [-0.2, -0.15) is 13.2 Å². The molecule has 0 radical (unpaired) electrons. The summed E-state index contributed by atoms with van der Waals surface area (Å²) in [5.41, 5.74) is 5.91. The second-order valence-corrected chi connectivity index (χ2v) is 6.54. The first kappa shape index (κ1) is 17.4. The number of rotatable bonds is 4. The standard InChI is InChI=1S/C15H27F3N4/c16-15(17,18)11-22-8-6-12(7-9-22)10-20-14(19)21-13-4-2-1-3-5-13/h12-13H,1-11H2,(H3,19,20,21). The smallest absolute Gasteiger partial charge is 0.370 e. The van der Waals surface area contributed by atoms with Crippen molar-refractivity contribution in [3.8, 4) is 0 Å². The van der Waals surface area contributed by atoms with Crippen molar-refractivity contribution in [3.63, 3.8) is 0 Å². The van der Waals surface area contributed by atoms with E-state index in [1.54, 1.807) is 0 Å². The van der Waals surface area contributed by atoms with E-state index in [1.165, 1.54) is 24.2 Å². The maximum Gasteiger partial charge on any atom is 0.401 e. The number of hydrogen-bond donors (Lipinski definition) is 2. The summed E-state index contributed by atoms with van der Waals surface area (Å²) in [6.45, 7) is 0.811. The monoisotopic (exact) mass is 320 g/mol. The van der Waals surface area contributed by atoms with Crippen molar-refractivity contribution in [1.29, 1.82) is 0 Å². The molecule has 1 heterocycles. The molecule has 4 nitrogen and oxygen atoms in total. The third-order valence-corrected chi connectivity index (χ3v) is 4.59. The zero-order valence-corrected chi connectivity index (χ0v) is 13.0. The molecule has 2 fully saturated rings. The van der Waals surface area contributed by atoms with Crippen molar-refractivity contribution in [1.82, 2.24) is 10.2 Å². The number of aliphatic imine (C=N–C) groups is 1. The van der Waals surface area contributed by atoms with Crippen LogP contribution in [0.3, 0.4) is 0 Å². The average molecular weight is 320 g/mol. The number of alkyl halides is 3. The van der Waals surface area contributed by atoms with E-state index in [-0.39, 0.29) is 0 Å².